The van der Waals surface area contributed by atoms with Crippen molar-refractivity contribution in [1.29, 1.82) is 0 Å². The summed E-state index contributed by atoms with van der Waals surface area (Å²) in [6.45, 7) is 5.80. The van der Waals surface area contributed by atoms with Crippen LogP contribution in [0.15, 0.2) is 54.6 Å². The van der Waals surface area contributed by atoms with E-state index in [-0.39, 0.29) is 11.8 Å². The van der Waals surface area contributed by atoms with E-state index in [0.29, 0.717) is 39.3 Å². The van der Waals surface area contributed by atoms with Gasteiger partial charge in [0.25, 0.3) is 5.91 Å². The molecule has 1 aliphatic carbocycles. The van der Waals surface area contributed by atoms with Gasteiger partial charge in [0.15, 0.2) is 0 Å². The minimum Gasteiger partial charge on any atom is -0.355 e. The molecule has 6 heteroatoms. The average Bonchev–Trinajstić information content (AvgIpc) is 3.28. The molecule has 1 fully saturated rings. The summed E-state index contributed by atoms with van der Waals surface area (Å²) in [5, 5.41) is 3.87. The molecule has 1 aromatic heterocycles. The molecular weight excluding hydrogens is 436 g/mol. The van der Waals surface area contributed by atoms with E-state index in [2.05, 4.69) is 28.4 Å². The zero-order chi connectivity index (χ0) is 24.2. The Bertz CT molecular complexity index is 1260. The number of aromatic nitrogens is 1. The normalized spacial score (nSPS) is 17.1. The number of allylic oxidation sites excluding steroid dienone is 1. The Labute approximate surface area is 206 Å². The van der Waals surface area contributed by atoms with Gasteiger partial charge in [0.1, 0.15) is 0 Å². The smallest absolute Gasteiger partial charge is 0.254 e. The number of carbonyl (C=O) groups excluding carboxylic acids is 2. The van der Waals surface area contributed by atoms with Gasteiger partial charge in [0.2, 0.25) is 5.91 Å². The maximum atomic E-state index is 13.9. The number of hydrogen-bond acceptors (Lipinski definition) is 4. The summed E-state index contributed by atoms with van der Waals surface area (Å²) >= 11 is 0. The van der Waals surface area contributed by atoms with E-state index in [0.717, 1.165) is 52.5 Å². The van der Waals surface area contributed by atoms with Gasteiger partial charge in [-0.3, -0.25) is 14.5 Å². The molecule has 2 aliphatic rings. The minimum atomic E-state index is 0.0577. The zero-order valence-electron chi connectivity index (χ0n) is 20.3. The van der Waals surface area contributed by atoms with Gasteiger partial charge in [0.05, 0.1) is 23.3 Å². The lowest BCUT2D eigenvalue weighted by atomic mass is 9.99. The molecule has 180 valence electrons. The number of para-hydroxylation sites is 1. The molecule has 2 amide bonds. The van der Waals surface area contributed by atoms with Crippen molar-refractivity contribution in [3.63, 3.8) is 0 Å². The second kappa shape index (κ2) is 10.4. The van der Waals surface area contributed by atoms with Crippen LogP contribution >= 0.6 is 0 Å². The van der Waals surface area contributed by atoms with Crippen molar-refractivity contribution in [2.24, 2.45) is 0 Å². The largest absolute Gasteiger partial charge is 0.355 e. The van der Waals surface area contributed by atoms with E-state index in [1.165, 1.54) is 5.57 Å². The Kier molecular flexibility index (Phi) is 6.91. The number of hydrogen-bond donors (Lipinski definition) is 1. The fraction of sp³-hybridized carbons (Fsp3) is 0.345. The molecule has 1 N–H and O–H groups in total. The van der Waals surface area contributed by atoms with Crippen LogP contribution in [-0.4, -0.2) is 65.9 Å². The van der Waals surface area contributed by atoms with Crippen LogP contribution < -0.4 is 5.32 Å². The molecule has 5 rings (SSSR count). The number of carbonyl (C=O) groups is 2. The molecule has 0 spiro atoms. The lowest BCUT2D eigenvalue weighted by Gasteiger charge is -2.34. The van der Waals surface area contributed by atoms with Crippen LogP contribution in [0, 0.1) is 0 Å². The molecule has 3 aromatic rings. The van der Waals surface area contributed by atoms with Crippen LogP contribution in [0.1, 0.15) is 46.9 Å². The third-order valence-electron chi connectivity index (χ3n) is 6.89. The highest BCUT2D eigenvalue weighted by Gasteiger charge is 2.30. The predicted molar refractivity (Wildman–Crippen MR) is 140 cm³/mol. The van der Waals surface area contributed by atoms with E-state index in [1.807, 2.05) is 54.3 Å². The molecule has 0 saturated carbocycles. The topological polar surface area (TPSA) is 65.5 Å². The highest BCUT2D eigenvalue weighted by atomic mass is 16.2. The summed E-state index contributed by atoms with van der Waals surface area (Å²) in [5.74, 6) is 0.137. The van der Waals surface area contributed by atoms with Crippen LogP contribution in [0.25, 0.3) is 22.6 Å². The van der Waals surface area contributed by atoms with Crippen molar-refractivity contribution in [3.05, 3.63) is 77.0 Å². The van der Waals surface area contributed by atoms with E-state index < -0.39 is 0 Å². The van der Waals surface area contributed by atoms with Crippen molar-refractivity contribution in [2.45, 2.75) is 26.2 Å². The van der Waals surface area contributed by atoms with Gasteiger partial charge in [-0.15, -0.1) is 0 Å². The number of nitrogens with one attached hydrogen (secondary N) is 1. The first-order chi connectivity index (χ1) is 17.1. The highest BCUT2D eigenvalue weighted by molar-refractivity contribution is 6.09. The standard InChI is InChI=1S/C29H32N4O2/c1-2-14-30-26(34)20-32-15-17-33(18-16-32)29(35)27-23-10-6-7-11-25(23)31-28-22(12-13-24(27)28)19-21-8-4-3-5-9-21/h3-11,19H,2,12-18,20H2,1H3,(H,30,34)/b22-19+. The number of benzene rings is 2. The Hall–Kier alpha value is -3.51. The third-order valence-corrected chi connectivity index (χ3v) is 6.89. The first-order valence-corrected chi connectivity index (χ1v) is 12.6. The van der Waals surface area contributed by atoms with Gasteiger partial charge in [0, 0.05) is 38.1 Å². The molecule has 0 atom stereocenters. The SMILES string of the molecule is CCCNC(=O)CN1CCN(C(=O)c2c3c(nc4ccccc24)/C(=C/c2ccccc2)CC3)CC1. The van der Waals surface area contributed by atoms with Crippen LogP contribution in [0.3, 0.4) is 0 Å². The highest BCUT2D eigenvalue weighted by Crippen LogP contribution is 2.38. The second-order valence-electron chi connectivity index (χ2n) is 9.33. The molecule has 2 aromatic carbocycles. The van der Waals surface area contributed by atoms with Gasteiger partial charge in [-0.1, -0.05) is 55.5 Å². The molecule has 35 heavy (non-hydrogen) atoms. The lowest BCUT2D eigenvalue weighted by Crippen LogP contribution is -2.51. The van der Waals surface area contributed by atoms with E-state index in [1.54, 1.807) is 0 Å². The van der Waals surface area contributed by atoms with Crippen LogP contribution in [-0.2, 0) is 11.2 Å². The van der Waals surface area contributed by atoms with E-state index in [9.17, 15) is 9.59 Å². The van der Waals surface area contributed by atoms with Crippen molar-refractivity contribution >= 4 is 34.4 Å². The summed E-state index contributed by atoms with van der Waals surface area (Å²) in [5.41, 5.74) is 6.03. The predicted octanol–water partition coefficient (Wildman–Crippen LogP) is 4.01. The van der Waals surface area contributed by atoms with Crippen molar-refractivity contribution < 1.29 is 9.59 Å². The molecule has 2 heterocycles. The van der Waals surface area contributed by atoms with Gasteiger partial charge in [-0.2, -0.15) is 0 Å². The average molecular weight is 469 g/mol. The van der Waals surface area contributed by atoms with Crippen molar-refractivity contribution in [2.75, 3.05) is 39.3 Å². The van der Waals surface area contributed by atoms with Gasteiger partial charge < -0.3 is 10.2 Å². The molecule has 0 radical (unpaired) electrons. The van der Waals surface area contributed by atoms with Gasteiger partial charge >= 0.3 is 0 Å². The number of rotatable bonds is 6. The van der Waals surface area contributed by atoms with Gasteiger partial charge in [-0.05, 0) is 48.1 Å². The van der Waals surface area contributed by atoms with Crippen molar-refractivity contribution in [3.8, 4) is 0 Å². The number of pyridine rings is 1. The summed E-state index contributed by atoms with van der Waals surface area (Å²) in [6, 6.07) is 18.3. The molecule has 0 unspecified atom stereocenters. The summed E-state index contributed by atoms with van der Waals surface area (Å²) < 4.78 is 0. The van der Waals surface area contributed by atoms with Gasteiger partial charge in [-0.25, -0.2) is 4.98 Å². The summed E-state index contributed by atoms with van der Waals surface area (Å²) in [4.78, 5) is 35.1. The minimum absolute atomic E-state index is 0.0577. The molecule has 0 bridgehead atoms. The Morgan fingerprint density at radius 2 is 1.71 bits per heavy atom. The summed E-state index contributed by atoms with van der Waals surface area (Å²) in [7, 11) is 0. The fourth-order valence-electron chi connectivity index (χ4n) is 5.06. The third kappa shape index (κ3) is 4.98. The quantitative estimate of drug-likeness (QED) is 0.594. The Morgan fingerprint density at radius 3 is 2.49 bits per heavy atom. The molecule has 6 nitrogen and oxygen atoms in total. The van der Waals surface area contributed by atoms with Crippen molar-refractivity contribution in [1.82, 2.24) is 20.1 Å². The zero-order valence-corrected chi connectivity index (χ0v) is 20.3. The maximum Gasteiger partial charge on any atom is 0.254 e. The van der Waals surface area contributed by atoms with E-state index >= 15 is 0 Å². The molecule has 1 saturated heterocycles. The first kappa shape index (κ1) is 23.2. The number of nitrogens with zero attached hydrogens (tertiary/aromatic N) is 3. The molecule has 1 aliphatic heterocycles. The molecular formula is C29H32N4O2. The number of amides is 2. The first-order valence-electron chi connectivity index (χ1n) is 12.6. The second-order valence-corrected chi connectivity index (χ2v) is 9.33. The number of fused-ring (bicyclic) bond motifs is 2. The van der Waals surface area contributed by atoms with Crippen LogP contribution in [0.2, 0.25) is 0 Å². The maximum absolute atomic E-state index is 13.9. The Morgan fingerprint density at radius 1 is 0.971 bits per heavy atom. The number of piperazine rings is 1. The Balaban J connectivity index is 1.41. The van der Waals surface area contributed by atoms with Crippen LogP contribution in [0.4, 0.5) is 0 Å². The van der Waals surface area contributed by atoms with Crippen LogP contribution in [0.5, 0.6) is 0 Å². The lowest BCUT2D eigenvalue weighted by molar-refractivity contribution is -0.122. The van der Waals surface area contributed by atoms with E-state index in [4.69, 9.17) is 4.98 Å². The fourth-order valence-corrected chi connectivity index (χ4v) is 5.06. The summed E-state index contributed by atoms with van der Waals surface area (Å²) in [6.07, 6.45) is 4.84. The monoisotopic (exact) mass is 468 g/mol.